The number of halogens is 1. The fraction of sp³-hybridized carbons (Fsp3) is 0.0909. The second-order valence-corrected chi connectivity index (χ2v) is 7.73. The molecule has 0 saturated carbocycles. The number of carbonyl (C=O) groups is 2. The van der Waals surface area contributed by atoms with Crippen molar-refractivity contribution in [2.24, 2.45) is 0 Å². The van der Waals surface area contributed by atoms with Gasteiger partial charge in [0.2, 0.25) is 0 Å². The van der Waals surface area contributed by atoms with E-state index in [4.69, 9.17) is 9.15 Å². The number of furan rings is 1. The lowest BCUT2D eigenvalue weighted by molar-refractivity contribution is -0.384. The van der Waals surface area contributed by atoms with Gasteiger partial charge in [-0.1, -0.05) is 12.1 Å². The van der Waals surface area contributed by atoms with Crippen molar-refractivity contribution in [3.8, 4) is 17.1 Å². The van der Waals surface area contributed by atoms with Crippen LogP contribution in [0.2, 0.25) is 0 Å². The summed E-state index contributed by atoms with van der Waals surface area (Å²) < 4.78 is 23.8. The number of nitrogens with zero attached hydrogens (tertiary/aromatic N) is 2. The summed E-state index contributed by atoms with van der Waals surface area (Å²) in [7, 11) is 1.41. The van der Waals surface area contributed by atoms with Crippen LogP contribution in [0.5, 0.6) is 5.75 Å². The molecule has 2 amide bonds. The van der Waals surface area contributed by atoms with Crippen LogP contribution in [0.25, 0.3) is 17.4 Å². The highest BCUT2D eigenvalue weighted by atomic mass is 32.2. The zero-order valence-corrected chi connectivity index (χ0v) is 17.4. The highest BCUT2D eigenvalue weighted by molar-refractivity contribution is 8.18. The second kappa shape index (κ2) is 8.67. The molecule has 0 bridgehead atoms. The Morgan fingerprint density at radius 1 is 1.16 bits per heavy atom. The van der Waals surface area contributed by atoms with E-state index in [1.807, 2.05) is 0 Å². The largest absolute Gasteiger partial charge is 0.497 e. The fourth-order valence-electron chi connectivity index (χ4n) is 3.11. The van der Waals surface area contributed by atoms with E-state index >= 15 is 0 Å². The molecule has 3 aromatic rings. The maximum absolute atomic E-state index is 13.1. The van der Waals surface area contributed by atoms with Crippen molar-refractivity contribution in [1.29, 1.82) is 0 Å². The number of methoxy groups -OCH3 is 1. The molecule has 32 heavy (non-hydrogen) atoms. The molecule has 4 rings (SSSR count). The molecule has 0 N–H and O–H groups in total. The summed E-state index contributed by atoms with van der Waals surface area (Å²) in [5.41, 5.74) is 0.673. The van der Waals surface area contributed by atoms with Gasteiger partial charge in [-0.3, -0.25) is 24.6 Å². The molecule has 1 fully saturated rings. The Labute approximate surface area is 185 Å². The number of hydrogen-bond donors (Lipinski definition) is 0. The summed E-state index contributed by atoms with van der Waals surface area (Å²) in [6.07, 6.45) is 1.41. The second-order valence-electron chi connectivity index (χ2n) is 6.74. The first kappa shape index (κ1) is 21.3. The summed E-state index contributed by atoms with van der Waals surface area (Å²) in [5, 5.41) is 11.0. The van der Waals surface area contributed by atoms with Crippen LogP contribution >= 0.6 is 11.8 Å². The smallest absolute Gasteiger partial charge is 0.293 e. The molecule has 0 atom stereocenters. The third-order valence-corrected chi connectivity index (χ3v) is 5.60. The highest BCUT2D eigenvalue weighted by Crippen LogP contribution is 2.37. The number of carbonyl (C=O) groups excluding carboxylic acids is 2. The third-order valence-electron chi connectivity index (χ3n) is 4.69. The van der Waals surface area contributed by atoms with Crippen molar-refractivity contribution in [2.45, 2.75) is 6.54 Å². The molecule has 0 aliphatic carbocycles. The van der Waals surface area contributed by atoms with Crippen molar-refractivity contribution < 1.29 is 28.1 Å². The molecule has 1 saturated heterocycles. The van der Waals surface area contributed by atoms with Gasteiger partial charge in [0.1, 0.15) is 23.1 Å². The van der Waals surface area contributed by atoms with Crippen LogP contribution in [-0.4, -0.2) is 28.1 Å². The minimum absolute atomic E-state index is 0.0176. The minimum atomic E-state index is -0.541. The molecule has 10 heteroatoms. The summed E-state index contributed by atoms with van der Waals surface area (Å²) in [4.78, 5) is 37.1. The van der Waals surface area contributed by atoms with Crippen LogP contribution < -0.4 is 4.74 Å². The van der Waals surface area contributed by atoms with Gasteiger partial charge in [-0.05, 0) is 53.7 Å². The van der Waals surface area contributed by atoms with Gasteiger partial charge in [0.25, 0.3) is 16.8 Å². The number of rotatable bonds is 6. The van der Waals surface area contributed by atoms with E-state index in [-0.39, 0.29) is 34.2 Å². The molecule has 1 aromatic heterocycles. The predicted molar refractivity (Wildman–Crippen MR) is 115 cm³/mol. The molecule has 2 aromatic carbocycles. The molecule has 162 valence electrons. The average Bonchev–Trinajstić information content (AvgIpc) is 3.35. The van der Waals surface area contributed by atoms with E-state index in [1.54, 1.807) is 18.2 Å². The monoisotopic (exact) mass is 454 g/mol. The van der Waals surface area contributed by atoms with E-state index < -0.39 is 21.9 Å². The van der Waals surface area contributed by atoms with Crippen LogP contribution in [0.3, 0.4) is 0 Å². The van der Waals surface area contributed by atoms with Crippen molar-refractivity contribution in [3.05, 3.63) is 86.8 Å². The Hall–Kier alpha value is -3.92. The van der Waals surface area contributed by atoms with Gasteiger partial charge in [0, 0.05) is 6.08 Å². The lowest BCUT2D eigenvalue weighted by Crippen LogP contribution is -2.27. The maximum atomic E-state index is 13.1. The van der Waals surface area contributed by atoms with E-state index in [0.717, 1.165) is 16.7 Å². The molecular weight excluding hydrogens is 439 g/mol. The maximum Gasteiger partial charge on any atom is 0.293 e. The van der Waals surface area contributed by atoms with Crippen LogP contribution in [0.1, 0.15) is 11.3 Å². The van der Waals surface area contributed by atoms with Gasteiger partial charge >= 0.3 is 0 Å². The number of imide groups is 1. The summed E-state index contributed by atoms with van der Waals surface area (Å²) in [6.45, 7) is 0.0176. The number of thioether (sulfide) groups is 1. The van der Waals surface area contributed by atoms with Crippen LogP contribution in [-0.2, 0) is 11.3 Å². The van der Waals surface area contributed by atoms with Gasteiger partial charge in [-0.15, -0.1) is 0 Å². The van der Waals surface area contributed by atoms with Crippen molar-refractivity contribution in [3.63, 3.8) is 0 Å². The molecule has 2 heterocycles. The first-order valence-corrected chi connectivity index (χ1v) is 10.1. The van der Waals surface area contributed by atoms with E-state index in [9.17, 15) is 24.1 Å². The van der Waals surface area contributed by atoms with E-state index in [0.29, 0.717) is 11.3 Å². The Morgan fingerprint density at radius 2 is 1.91 bits per heavy atom. The lowest BCUT2D eigenvalue weighted by Gasteiger charge is -2.12. The van der Waals surface area contributed by atoms with Crippen LogP contribution in [0.4, 0.5) is 14.9 Å². The molecule has 8 nitrogen and oxygen atoms in total. The minimum Gasteiger partial charge on any atom is -0.497 e. The van der Waals surface area contributed by atoms with Crippen molar-refractivity contribution >= 4 is 34.7 Å². The Kier molecular flexibility index (Phi) is 5.78. The number of nitro groups is 1. The summed E-state index contributed by atoms with van der Waals surface area (Å²) in [6, 6.07) is 13.0. The quantitative estimate of drug-likeness (QED) is 0.285. The van der Waals surface area contributed by atoms with Crippen LogP contribution in [0.15, 0.2) is 63.9 Å². The fourth-order valence-corrected chi connectivity index (χ4v) is 3.93. The molecular formula is C22H15FN2O6S. The number of amides is 2. The molecule has 0 spiro atoms. The highest BCUT2D eigenvalue weighted by Gasteiger charge is 2.35. The van der Waals surface area contributed by atoms with Gasteiger partial charge in [-0.25, -0.2) is 4.39 Å². The van der Waals surface area contributed by atoms with E-state index in [2.05, 4.69) is 0 Å². The Morgan fingerprint density at radius 3 is 2.59 bits per heavy atom. The number of nitro benzene ring substituents is 1. The normalized spacial score (nSPS) is 14.9. The topological polar surface area (TPSA) is 103 Å². The van der Waals surface area contributed by atoms with Gasteiger partial charge < -0.3 is 9.15 Å². The first-order chi connectivity index (χ1) is 15.4. The van der Waals surface area contributed by atoms with E-state index in [1.165, 1.54) is 49.6 Å². The van der Waals surface area contributed by atoms with Gasteiger partial charge in [0.15, 0.2) is 0 Å². The lowest BCUT2D eigenvalue weighted by atomic mass is 10.1. The number of hydrogen-bond acceptors (Lipinski definition) is 7. The molecule has 1 aliphatic heterocycles. The molecule has 0 radical (unpaired) electrons. The van der Waals surface area contributed by atoms with Crippen LogP contribution in [0, 0.1) is 15.9 Å². The zero-order valence-electron chi connectivity index (χ0n) is 16.6. The summed E-state index contributed by atoms with van der Waals surface area (Å²) >= 11 is 0.757. The number of benzene rings is 2. The molecule has 1 aliphatic rings. The van der Waals surface area contributed by atoms with Crippen molar-refractivity contribution in [1.82, 2.24) is 4.90 Å². The molecule has 0 unspecified atom stereocenters. The summed E-state index contributed by atoms with van der Waals surface area (Å²) in [5.74, 6) is -0.0817. The third kappa shape index (κ3) is 4.26. The van der Waals surface area contributed by atoms with Crippen molar-refractivity contribution in [2.75, 3.05) is 7.11 Å². The Balaban J connectivity index is 1.57. The predicted octanol–water partition coefficient (Wildman–Crippen LogP) is 5.24. The number of ether oxygens (including phenoxy) is 1. The van der Waals surface area contributed by atoms with Gasteiger partial charge in [-0.2, -0.15) is 0 Å². The average molecular weight is 454 g/mol. The standard InChI is InChI=1S/C22H15FN2O6S/c1-30-15-6-8-17(18(10-15)25(28)29)19-9-7-16(31-19)11-20-21(26)24(22(27)32-20)12-13-2-4-14(23)5-3-13/h2-11H,12H2,1H3/b20-11+. The Bertz CT molecular complexity index is 1250. The SMILES string of the molecule is COc1ccc(-c2ccc(/C=C3/SC(=O)N(Cc4ccc(F)cc4)C3=O)o2)c([N+](=O)[O-])c1. The zero-order chi connectivity index (χ0) is 22.8. The first-order valence-electron chi connectivity index (χ1n) is 9.28. The van der Waals surface area contributed by atoms with Gasteiger partial charge in [0.05, 0.1) is 35.1 Å².